The van der Waals surface area contributed by atoms with Gasteiger partial charge in [0, 0.05) is 0 Å². The molecule has 4 rings (SSSR count). The lowest BCUT2D eigenvalue weighted by Gasteiger charge is -2.29. The van der Waals surface area contributed by atoms with E-state index in [1.54, 1.807) is 7.11 Å². The molecular formula is C24H27O4P. The van der Waals surface area contributed by atoms with Crippen molar-refractivity contribution in [2.24, 2.45) is 0 Å². The molecule has 3 aromatic carbocycles. The molecule has 1 saturated heterocycles. The first-order chi connectivity index (χ1) is 13.7. The Hall–Kier alpha value is -2.13. The second kappa shape index (κ2) is 6.98. The molecule has 4 nitrogen and oxygen atoms in total. The van der Waals surface area contributed by atoms with E-state index in [0.29, 0.717) is 0 Å². The summed E-state index contributed by atoms with van der Waals surface area (Å²) in [6, 6.07) is 21.9. The number of fused-ring (bicyclic) bond motifs is 1. The van der Waals surface area contributed by atoms with Crippen LogP contribution in [-0.2, 0) is 13.6 Å². The van der Waals surface area contributed by atoms with Crippen LogP contribution in [0, 0.1) is 0 Å². The van der Waals surface area contributed by atoms with Gasteiger partial charge in [-0.15, -0.1) is 0 Å². The van der Waals surface area contributed by atoms with E-state index in [1.165, 1.54) is 0 Å². The van der Waals surface area contributed by atoms with E-state index in [9.17, 15) is 4.57 Å². The van der Waals surface area contributed by atoms with E-state index in [1.807, 2.05) is 88.4 Å². The highest BCUT2D eigenvalue weighted by Gasteiger charge is 2.58. The van der Waals surface area contributed by atoms with Crippen LogP contribution in [0.1, 0.15) is 44.5 Å². The maximum Gasteiger partial charge on any atom is 0.343 e. The van der Waals surface area contributed by atoms with Crippen LogP contribution in [0.3, 0.4) is 0 Å². The minimum Gasteiger partial charge on any atom is -0.497 e. The Morgan fingerprint density at radius 2 is 1.38 bits per heavy atom. The van der Waals surface area contributed by atoms with E-state index in [-0.39, 0.29) is 0 Å². The molecule has 3 aromatic rings. The number of hydrogen-bond acceptors (Lipinski definition) is 4. The summed E-state index contributed by atoms with van der Waals surface area (Å²) in [5.74, 6) is 0.809. The number of rotatable bonds is 4. The first-order valence-corrected chi connectivity index (χ1v) is 11.4. The molecule has 1 atom stereocenters. The van der Waals surface area contributed by atoms with Crippen molar-refractivity contribution in [1.29, 1.82) is 0 Å². The van der Waals surface area contributed by atoms with Gasteiger partial charge in [0.1, 0.15) is 22.6 Å². The topological polar surface area (TPSA) is 44.8 Å². The van der Waals surface area contributed by atoms with Crippen LogP contribution in [0.5, 0.6) is 5.75 Å². The maximum atomic E-state index is 14.1. The minimum atomic E-state index is -3.49. The summed E-state index contributed by atoms with van der Waals surface area (Å²) < 4.78 is 31.8. The van der Waals surface area contributed by atoms with Gasteiger partial charge in [0.25, 0.3) is 0 Å². The average Bonchev–Trinajstić information content (AvgIpc) is 2.84. The number of methoxy groups -OCH3 is 1. The van der Waals surface area contributed by atoms with Crippen LogP contribution in [0.15, 0.2) is 66.7 Å². The summed E-state index contributed by atoms with van der Waals surface area (Å²) in [6.07, 6.45) is 0. The van der Waals surface area contributed by atoms with Gasteiger partial charge in [-0.05, 0) is 67.8 Å². The summed E-state index contributed by atoms with van der Waals surface area (Å²) in [4.78, 5) is 0. The van der Waals surface area contributed by atoms with Crippen LogP contribution in [-0.4, -0.2) is 18.3 Å². The number of benzene rings is 3. The Morgan fingerprint density at radius 3 is 2.00 bits per heavy atom. The van der Waals surface area contributed by atoms with Gasteiger partial charge in [-0.2, -0.15) is 0 Å². The molecule has 1 heterocycles. The van der Waals surface area contributed by atoms with Crippen LogP contribution in [0.2, 0.25) is 0 Å². The first-order valence-electron chi connectivity index (χ1n) is 9.79. The van der Waals surface area contributed by atoms with E-state index >= 15 is 0 Å². The molecule has 0 N–H and O–H groups in total. The van der Waals surface area contributed by atoms with Crippen molar-refractivity contribution in [2.45, 2.75) is 44.6 Å². The standard InChI is InChI=1S/C24H27O4P/c1-23(2)24(3,4)28-29(25,27-23)22(17-9-7-6-8-10-17)20-12-11-19-16-21(26-5)14-13-18(19)15-20/h6-16,22H,1-5H3/t22-/m1/s1. The van der Waals surface area contributed by atoms with Crippen molar-refractivity contribution < 1.29 is 18.3 Å². The molecule has 29 heavy (non-hydrogen) atoms. The summed E-state index contributed by atoms with van der Waals surface area (Å²) in [5, 5.41) is 2.11. The quantitative estimate of drug-likeness (QED) is 0.447. The van der Waals surface area contributed by atoms with Gasteiger partial charge < -0.3 is 4.74 Å². The molecule has 0 amide bonds. The van der Waals surface area contributed by atoms with Gasteiger partial charge in [-0.25, -0.2) is 0 Å². The highest BCUT2D eigenvalue weighted by molar-refractivity contribution is 7.54. The molecule has 0 radical (unpaired) electrons. The van der Waals surface area contributed by atoms with E-state index < -0.39 is 24.5 Å². The van der Waals surface area contributed by atoms with Crippen LogP contribution in [0.4, 0.5) is 0 Å². The molecule has 0 bridgehead atoms. The second-order valence-electron chi connectivity index (χ2n) is 8.53. The molecule has 1 aliphatic rings. The molecule has 0 spiro atoms. The van der Waals surface area contributed by atoms with Gasteiger partial charge in [0.05, 0.1) is 7.11 Å². The molecule has 1 fully saturated rings. The molecule has 0 aliphatic carbocycles. The summed E-state index contributed by atoms with van der Waals surface area (Å²) in [6.45, 7) is 7.73. The summed E-state index contributed by atoms with van der Waals surface area (Å²) in [7, 11) is -1.83. The van der Waals surface area contributed by atoms with Crippen molar-refractivity contribution in [3.63, 3.8) is 0 Å². The Morgan fingerprint density at radius 1 is 0.793 bits per heavy atom. The molecular weight excluding hydrogens is 383 g/mol. The van der Waals surface area contributed by atoms with Gasteiger partial charge >= 0.3 is 7.60 Å². The predicted octanol–water partition coefficient (Wildman–Crippen LogP) is 6.73. The minimum absolute atomic E-state index is 0.503. The van der Waals surface area contributed by atoms with Crippen molar-refractivity contribution >= 4 is 18.4 Å². The van der Waals surface area contributed by atoms with E-state index in [4.69, 9.17) is 13.8 Å². The molecule has 0 aromatic heterocycles. The second-order valence-corrected chi connectivity index (χ2v) is 10.5. The van der Waals surface area contributed by atoms with Crippen LogP contribution >= 0.6 is 7.60 Å². The Bertz CT molecular complexity index is 1070. The third kappa shape index (κ3) is 3.50. The van der Waals surface area contributed by atoms with E-state index in [2.05, 4.69) is 6.07 Å². The normalized spacial score (nSPS) is 20.4. The monoisotopic (exact) mass is 410 g/mol. The lowest BCUT2D eigenvalue weighted by molar-refractivity contribution is 0.00578. The Kier molecular flexibility index (Phi) is 4.85. The SMILES string of the molecule is COc1ccc2cc([C@@H](c3ccccc3)P3(=O)OC(C)(C)C(C)(C)O3)ccc2c1. The summed E-state index contributed by atoms with van der Waals surface area (Å²) >= 11 is 0. The zero-order valence-corrected chi connectivity index (χ0v) is 18.4. The lowest BCUT2D eigenvalue weighted by atomic mass is 9.90. The van der Waals surface area contributed by atoms with Crippen LogP contribution < -0.4 is 4.74 Å². The number of ether oxygens (including phenoxy) is 1. The number of hydrogen-bond donors (Lipinski definition) is 0. The molecule has 152 valence electrons. The Balaban J connectivity index is 1.87. The van der Waals surface area contributed by atoms with Crippen LogP contribution in [0.25, 0.3) is 10.8 Å². The van der Waals surface area contributed by atoms with Crippen molar-refractivity contribution in [3.8, 4) is 5.75 Å². The third-order valence-corrected chi connectivity index (χ3v) is 8.63. The molecule has 5 heteroatoms. The van der Waals surface area contributed by atoms with Gasteiger partial charge in [-0.1, -0.05) is 48.5 Å². The summed E-state index contributed by atoms with van der Waals surface area (Å²) in [5.41, 5.74) is -0.0151. The zero-order valence-electron chi connectivity index (χ0n) is 17.5. The highest BCUT2D eigenvalue weighted by atomic mass is 31.2. The fourth-order valence-electron chi connectivity index (χ4n) is 3.71. The smallest absolute Gasteiger partial charge is 0.343 e. The fourth-order valence-corrected chi connectivity index (χ4v) is 6.74. The molecule has 0 saturated carbocycles. The Labute approximate surface area is 172 Å². The van der Waals surface area contributed by atoms with Crippen molar-refractivity contribution in [2.75, 3.05) is 7.11 Å². The zero-order chi connectivity index (χ0) is 20.9. The van der Waals surface area contributed by atoms with Gasteiger partial charge in [0.2, 0.25) is 0 Å². The molecule has 1 aliphatic heterocycles. The van der Waals surface area contributed by atoms with E-state index in [0.717, 1.165) is 27.6 Å². The average molecular weight is 410 g/mol. The van der Waals surface area contributed by atoms with Crippen molar-refractivity contribution in [3.05, 3.63) is 77.9 Å². The maximum absolute atomic E-state index is 14.1. The van der Waals surface area contributed by atoms with Gasteiger partial charge in [0.15, 0.2) is 0 Å². The lowest BCUT2D eigenvalue weighted by Crippen LogP contribution is -2.41. The first kappa shape index (κ1) is 20.2. The molecule has 0 unspecified atom stereocenters. The largest absolute Gasteiger partial charge is 0.497 e. The fraction of sp³-hybridized carbons (Fsp3) is 0.333. The highest BCUT2D eigenvalue weighted by Crippen LogP contribution is 2.73. The van der Waals surface area contributed by atoms with Crippen molar-refractivity contribution in [1.82, 2.24) is 0 Å². The predicted molar refractivity (Wildman–Crippen MR) is 117 cm³/mol. The third-order valence-electron chi connectivity index (χ3n) is 5.98. The van der Waals surface area contributed by atoms with Gasteiger partial charge in [-0.3, -0.25) is 13.6 Å².